The zero-order chi connectivity index (χ0) is 21.1. The molecule has 8 heteroatoms. The highest BCUT2D eigenvalue weighted by atomic mass is 19.1. The Morgan fingerprint density at radius 3 is 3.03 bits per heavy atom. The van der Waals surface area contributed by atoms with E-state index in [0.717, 1.165) is 48.5 Å². The van der Waals surface area contributed by atoms with Crippen molar-refractivity contribution in [2.75, 3.05) is 6.61 Å². The van der Waals surface area contributed by atoms with Crippen molar-refractivity contribution in [1.82, 2.24) is 20.1 Å². The highest BCUT2D eigenvalue weighted by Crippen LogP contribution is 2.30. The number of carbonyl (C=O) groups is 1. The third-order valence-electron chi connectivity index (χ3n) is 4.95. The van der Waals surface area contributed by atoms with Gasteiger partial charge in [0, 0.05) is 29.9 Å². The summed E-state index contributed by atoms with van der Waals surface area (Å²) >= 11 is 0. The number of aromatic nitrogens is 3. The van der Waals surface area contributed by atoms with Crippen LogP contribution in [0, 0.1) is 17.1 Å². The largest absolute Gasteiger partial charge is 0.478 e. The number of halogens is 1. The maximum atomic E-state index is 13.7. The number of carbonyl (C=O) groups excluding carboxylic acids is 1. The van der Waals surface area contributed by atoms with Gasteiger partial charge < -0.3 is 10.1 Å². The predicted octanol–water partition coefficient (Wildman–Crippen LogP) is 3.62. The Kier molecular flexibility index (Phi) is 5.44. The molecule has 1 aliphatic heterocycles. The molecule has 30 heavy (non-hydrogen) atoms. The predicted molar refractivity (Wildman–Crippen MR) is 107 cm³/mol. The van der Waals surface area contributed by atoms with Crippen LogP contribution >= 0.6 is 0 Å². The van der Waals surface area contributed by atoms with E-state index in [1.165, 1.54) is 6.07 Å². The first-order valence-corrected chi connectivity index (χ1v) is 9.76. The number of nitriles is 1. The molecule has 0 saturated heterocycles. The van der Waals surface area contributed by atoms with Crippen molar-refractivity contribution >= 4 is 5.91 Å². The fourth-order valence-corrected chi connectivity index (χ4v) is 3.59. The van der Waals surface area contributed by atoms with Gasteiger partial charge in [-0.3, -0.25) is 9.48 Å². The van der Waals surface area contributed by atoms with Gasteiger partial charge in [-0.25, -0.2) is 9.37 Å². The normalized spacial score (nSPS) is 15.2. The molecule has 0 aliphatic carbocycles. The molecule has 7 nitrogen and oxygen atoms in total. The van der Waals surface area contributed by atoms with Crippen molar-refractivity contribution < 1.29 is 13.9 Å². The van der Waals surface area contributed by atoms with Crippen molar-refractivity contribution in [3.05, 3.63) is 65.2 Å². The van der Waals surface area contributed by atoms with E-state index in [9.17, 15) is 9.18 Å². The van der Waals surface area contributed by atoms with Gasteiger partial charge in [-0.15, -0.1) is 0 Å². The third kappa shape index (κ3) is 4.01. The van der Waals surface area contributed by atoms with Crippen molar-refractivity contribution in [3.63, 3.8) is 0 Å². The Balaban J connectivity index is 1.59. The van der Waals surface area contributed by atoms with E-state index in [1.807, 2.05) is 35.9 Å². The summed E-state index contributed by atoms with van der Waals surface area (Å²) in [6.07, 6.45) is 3.28. The Morgan fingerprint density at radius 2 is 2.23 bits per heavy atom. The van der Waals surface area contributed by atoms with E-state index in [0.29, 0.717) is 12.5 Å². The fraction of sp³-hybridized carbons (Fsp3) is 0.273. The number of hydrogen-bond acceptors (Lipinski definition) is 5. The van der Waals surface area contributed by atoms with Gasteiger partial charge in [0.2, 0.25) is 5.88 Å². The van der Waals surface area contributed by atoms with Gasteiger partial charge >= 0.3 is 0 Å². The molecular weight excluding hydrogens is 385 g/mol. The van der Waals surface area contributed by atoms with Crippen molar-refractivity contribution in [1.29, 1.82) is 5.26 Å². The molecule has 0 bridgehead atoms. The summed E-state index contributed by atoms with van der Waals surface area (Å²) in [5.41, 5.74) is 2.77. The molecule has 1 N–H and O–H groups in total. The van der Waals surface area contributed by atoms with Crippen LogP contribution in [0.4, 0.5) is 4.39 Å². The van der Waals surface area contributed by atoms with Crippen LogP contribution in [0.15, 0.2) is 42.6 Å². The van der Waals surface area contributed by atoms with E-state index in [1.54, 1.807) is 6.20 Å². The Bertz CT molecular complexity index is 1130. The van der Waals surface area contributed by atoms with E-state index in [-0.39, 0.29) is 17.2 Å². The first-order valence-electron chi connectivity index (χ1n) is 9.76. The molecule has 1 aliphatic rings. The van der Waals surface area contributed by atoms with Crippen LogP contribution in [-0.2, 0) is 6.54 Å². The van der Waals surface area contributed by atoms with Crippen LogP contribution < -0.4 is 10.1 Å². The second-order valence-electron chi connectivity index (χ2n) is 7.00. The minimum Gasteiger partial charge on any atom is -0.478 e. The van der Waals surface area contributed by atoms with Crippen molar-refractivity contribution in [3.8, 4) is 23.2 Å². The first kappa shape index (κ1) is 19.6. The zero-order valence-electron chi connectivity index (χ0n) is 16.4. The average Bonchev–Trinajstić information content (AvgIpc) is 3.19. The third-order valence-corrected chi connectivity index (χ3v) is 4.95. The molecule has 1 aromatic carbocycles. The summed E-state index contributed by atoms with van der Waals surface area (Å²) in [6, 6.07) is 10.9. The van der Waals surface area contributed by atoms with E-state index < -0.39 is 11.7 Å². The number of benzene rings is 1. The van der Waals surface area contributed by atoms with E-state index in [2.05, 4.69) is 15.4 Å². The number of hydrogen-bond donors (Lipinski definition) is 1. The summed E-state index contributed by atoms with van der Waals surface area (Å²) in [6.45, 7) is 3.18. The van der Waals surface area contributed by atoms with Crippen LogP contribution in [0.25, 0.3) is 11.3 Å². The average molecular weight is 405 g/mol. The number of pyridine rings is 1. The van der Waals surface area contributed by atoms with Crippen LogP contribution in [0.3, 0.4) is 0 Å². The van der Waals surface area contributed by atoms with Gasteiger partial charge in [0.05, 0.1) is 35.7 Å². The fourth-order valence-electron chi connectivity index (χ4n) is 3.59. The molecule has 1 amide bonds. The molecule has 0 radical (unpaired) electrons. The summed E-state index contributed by atoms with van der Waals surface area (Å²) in [4.78, 5) is 16.9. The SMILES string of the molecule is CCOc1cc(-c2cc3n(n2)CCC[C@@H]3NC(=O)c2cc(F)cc(C#N)c2)ccn1. The summed E-state index contributed by atoms with van der Waals surface area (Å²) < 4.78 is 21.1. The Hall–Kier alpha value is -3.73. The van der Waals surface area contributed by atoms with Gasteiger partial charge in [-0.05, 0) is 50.1 Å². The van der Waals surface area contributed by atoms with Crippen LogP contribution in [-0.4, -0.2) is 27.3 Å². The molecule has 152 valence electrons. The lowest BCUT2D eigenvalue weighted by atomic mass is 10.0. The monoisotopic (exact) mass is 405 g/mol. The van der Waals surface area contributed by atoms with Gasteiger partial charge in [0.15, 0.2) is 0 Å². The number of rotatable bonds is 5. The molecule has 4 rings (SSSR count). The quantitative estimate of drug-likeness (QED) is 0.700. The van der Waals surface area contributed by atoms with Crippen LogP contribution in [0.1, 0.15) is 47.4 Å². The van der Waals surface area contributed by atoms with Gasteiger partial charge in [0.1, 0.15) is 5.82 Å². The second kappa shape index (κ2) is 8.33. The summed E-state index contributed by atoms with van der Waals surface area (Å²) in [5.74, 6) is -0.502. The number of fused-ring (bicyclic) bond motifs is 1. The minimum absolute atomic E-state index is 0.110. The highest BCUT2D eigenvalue weighted by molar-refractivity contribution is 5.94. The molecule has 3 heterocycles. The number of ether oxygens (including phenoxy) is 1. The standard InChI is InChI=1S/C22H20FN5O2/c1-2-30-21-11-15(5-6-25-21)19-12-20-18(4-3-7-28(20)27-19)26-22(29)16-8-14(13-24)9-17(23)10-16/h5-6,8-12,18H,2-4,7H2,1H3,(H,26,29)/t18-/m0/s1. The lowest BCUT2D eigenvalue weighted by molar-refractivity contribution is 0.0928. The number of nitrogens with zero attached hydrogens (tertiary/aromatic N) is 4. The van der Waals surface area contributed by atoms with Gasteiger partial charge in [-0.2, -0.15) is 10.4 Å². The molecule has 3 aromatic rings. The maximum Gasteiger partial charge on any atom is 0.251 e. The van der Waals surface area contributed by atoms with Crippen molar-refractivity contribution in [2.24, 2.45) is 0 Å². The highest BCUT2D eigenvalue weighted by Gasteiger charge is 2.25. The molecule has 0 unspecified atom stereocenters. The van der Waals surface area contributed by atoms with Crippen LogP contribution in [0.5, 0.6) is 5.88 Å². The van der Waals surface area contributed by atoms with E-state index >= 15 is 0 Å². The minimum atomic E-state index is -0.613. The molecular formula is C22H20FN5O2. The molecule has 0 spiro atoms. The molecule has 2 aromatic heterocycles. The van der Waals surface area contributed by atoms with Gasteiger partial charge in [0.25, 0.3) is 5.91 Å². The summed E-state index contributed by atoms with van der Waals surface area (Å²) in [5, 5.41) is 16.6. The smallest absolute Gasteiger partial charge is 0.251 e. The topological polar surface area (TPSA) is 92.8 Å². The molecule has 0 fully saturated rings. The number of amides is 1. The lowest BCUT2D eigenvalue weighted by Crippen LogP contribution is -2.32. The number of nitrogens with one attached hydrogen (secondary N) is 1. The first-order chi connectivity index (χ1) is 14.6. The Morgan fingerprint density at radius 1 is 1.37 bits per heavy atom. The van der Waals surface area contributed by atoms with E-state index in [4.69, 9.17) is 10.00 Å². The van der Waals surface area contributed by atoms with Gasteiger partial charge in [-0.1, -0.05) is 0 Å². The Labute approximate surface area is 173 Å². The van der Waals surface area contributed by atoms with Crippen LogP contribution in [0.2, 0.25) is 0 Å². The zero-order valence-corrected chi connectivity index (χ0v) is 16.4. The second-order valence-corrected chi connectivity index (χ2v) is 7.00. The summed E-state index contributed by atoms with van der Waals surface area (Å²) in [7, 11) is 0. The molecule has 1 atom stereocenters. The number of aryl methyl sites for hydroxylation is 1. The maximum absolute atomic E-state index is 13.7. The lowest BCUT2D eigenvalue weighted by Gasteiger charge is -2.24. The van der Waals surface area contributed by atoms with Crippen molar-refractivity contribution in [2.45, 2.75) is 32.4 Å². The molecule has 0 saturated carbocycles.